The molecule has 0 unspecified atom stereocenters. The van der Waals surface area contributed by atoms with Gasteiger partial charge >= 0.3 is 0 Å². The van der Waals surface area contributed by atoms with E-state index in [1.54, 1.807) is 23.1 Å². The van der Waals surface area contributed by atoms with Gasteiger partial charge in [0.25, 0.3) is 0 Å². The second kappa shape index (κ2) is 16.7. The molecule has 0 spiro atoms. The molecule has 212 valence electrons. The maximum atomic E-state index is 13.3. The number of hydrogen-bond donors (Lipinski definition) is 3. The van der Waals surface area contributed by atoms with E-state index in [1.165, 1.54) is 7.11 Å². The molecule has 1 aliphatic rings. The van der Waals surface area contributed by atoms with Crippen LogP contribution in [0.1, 0.15) is 75.6 Å². The second-order valence-corrected chi connectivity index (χ2v) is 10.6. The lowest BCUT2D eigenvalue weighted by molar-refractivity contribution is -0.138. The molecular weight excluding hydrogens is 603 g/mol. The summed E-state index contributed by atoms with van der Waals surface area (Å²) in [5, 5.41) is 23.4. The number of carbonyl (C=O) groups excluding carboxylic acids is 3. The summed E-state index contributed by atoms with van der Waals surface area (Å²) in [4.78, 5) is 39.3. The molecule has 0 bridgehead atoms. The molecule has 1 aromatic carbocycles. The van der Waals surface area contributed by atoms with Crippen LogP contribution in [0.2, 0.25) is 0 Å². The molecule has 10 heteroatoms. The molecule has 3 atom stereocenters. The Morgan fingerprint density at radius 2 is 1.92 bits per heavy atom. The van der Waals surface area contributed by atoms with Crippen molar-refractivity contribution in [3.05, 3.63) is 32.9 Å². The van der Waals surface area contributed by atoms with Crippen LogP contribution in [0.25, 0.3) is 0 Å². The molecule has 0 heterocycles. The van der Waals surface area contributed by atoms with Crippen molar-refractivity contribution in [1.82, 2.24) is 10.2 Å². The van der Waals surface area contributed by atoms with E-state index < -0.39 is 18.2 Å². The van der Waals surface area contributed by atoms with Crippen LogP contribution in [0.15, 0.2) is 23.8 Å². The zero-order valence-electron chi connectivity index (χ0n) is 22.6. The molecule has 1 aliphatic carbocycles. The summed E-state index contributed by atoms with van der Waals surface area (Å²) in [6, 6.07) is 2.53. The molecule has 0 aliphatic heterocycles. The number of halogens is 1. The highest BCUT2D eigenvalue weighted by Gasteiger charge is 2.40. The summed E-state index contributed by atoms with van der Waals surface area (Å²) in [5.41, 5.74) is 0.791. The SMILES string of the molecule is CCCCCCN(C(=O)CCCC)[C@@H]1CC(C(=O)NCCO)=C[C@H](Oc2c(I)cc(C=O)cc2OC)[C@H]1O. The molecule has 0 aromatic heterocycles. The van der Waals surface area contributed by atoms with Crippen molar-refractivity contribution in [3.63, 3.8) is 0 Å². The molecule has 9 nitrogen and oxygen atoms in total. The van der Waals surface area contributed by atoms with Gasteiger partial charge in [0, 0.05) is 37.1 Å². The minimum Gasteiger partial charge on any atom is -0.493 e. The molecule has 0 fully saturated rings. The number of ether oxygens (including phenoxy) is 2. The number of nitrogens with zero attached hydrogens (tertiary/aromatic N) is 1. The van der Waals surface area contributed by atoms with E-state index in [4.69, 9.17) is 9.47 Å². The van der Waals surface area contributed by atoms with Crippen LogP contribution in [0.4, 0.5) is 0 Å². The lowest BCUT2D eigenvalue weighted by Gasteiger charge is -2.41. The van der Waals surface area contributed by atoms with Crippen LogP contribution in [0.3, 0.4) is 0 Å². The maximum Gasteiger partial charge on any atom is 0.247 e. The van der Waals surface area contributed by atoms with Gasteiger partial charge < -0.3 is 29.9 Å². The predicted molar refractivity (Wildman–Crippen MR) is 153 cm³/mol. The average molecular weight is 645 g/mol. The van der Waals surface area contributed by atoms with Gasteiger partial charge in [-0.2, -0.15) is 0 Å². The molecule has 3 N–H and O–H groups in total. The van der Waals surface area contributed by atoms with Gasteiger partial charge in [-0.1, -0.05) is 39.5 Å². The fourth-order valence-electron chi connectivity index (χ4n) is 4.49. The zero-order valence-corrected chi connectivity index (χ0v) is 24.7. The van der Waals surface area contributed by atoms with E-state index in [0.29, 0.717) is 45.5 Å². The van der Waals surface area contributed by atoms with Gasteiger partial charge in [0.05, 0.1) is 23.3 Å². The summed E-state index contributed by atoms with van der Waals surface area (Å²) in [5.74, 6) is 0.227. The lowest BCUT2D eigenvalue weighted by atomic mass is 9.87. The van der Waals surface area contributed by atoms with Crippen molar-refractivity contribution in [2.24, 2.45) is 0 Å². The number of hydrogen-bond acceptors (Lipinski definition) is 7. The van der Waals surface area contributed by atoms with Crippen molar-refractivity contribution in [3.8, 4) is 11.5 Å². The molecular formula is C28H41IN2O7. The summed E-state index contributed by atoms with van der Waals surface area (Å²) in [6.45, 7) is 4.51. The smallest absolute Gasteiger partial charge is 0.247 e. The number of nitrogens with one attached hydrogen (secondary N) is 1. The highest BCUT2D eigenvalue weighted by molar-refractivity contribution is 14.1. The van der Waals surface area contributed by atoms with Gasteiger partial charge in [-0.3, -0.25) is 14.4 Å². The number of methoxy groups -OCH3 is 1. The van der Waals surface area contributed by atoms with Crippen molar-refractivity contribution in [2.45, 2.75) is 83.5 Å². The van der Waals surface area contributed by atoms with Crippen molar-refractivity contribution < 1.29 is 34.1 Å². The van der Waals surface area contributed by atoms with Crippen LogP contribution in [0.5, 0.6) is 11.5 Å². The summed E-state index contributed by atoms with van der Waals surface area (Å²) >= 11 is 2.03. The summed E-state index contributed by atoms with van der Waals surface area (Å²) in [6.07, 6.45) is 6.26. The topological polar surface area (TPSA) is 125 Å². The van der Waals surface area contributed by atoms with E-state index in [9.17, 15) is 24.6 Å². The molecule has 2 amide bonds. The van der Waals surface area contributed by atoms with Gasteiger partial charge in [-0.05, 0) is 53.6 Å². The van der Waals surface area contributed by atoms with Gasteiger partial charge in [-0.25, -0.2) is 0 Å². The first-order valence-electron chi connectivity index (χ1n) is 13.4. The number of aldehydes is 1. The van der Waals surface area contributed by atoms with Crippen molar-refractivity contribution in [2.75, 3.05) is 26.8 Å². The van der Waals surface area contributed by atoms with Gasteiger partial charge in [0.2, 0.25) is 11.8 Å². The number of amides is 2. The van der Waals surface area contributed by atoms with Crippen LogP contribution < -0.4 is 14.8 Å². The molecule has 0 radical (unpaired) electrons. The standard InChI is InChI=1S/C28H41IN2O7/c1-4-6-8-9-12-31(25(34)10-7-5-2)22-16-20(28(36)30-11-13-32)17-23(26(22)35)38-27-21(29)14-19(18-33)15-24(27)37-3/h14-15,17-18,22-23,26,32,35H,4-13,16H2,1-3H3,(H,30,36)/t22-,23+,26+/m1/s1. The lowest BCUT2D eigenvalue weighted by Crippen LogP contribution is -2.55. The fraction of sp³-hybridized carbons (Fsp3) is 0.607. The molecule has 2 rings (SSSR count). The Morgan fingerprint density at radius 1 is 1.18 bits per heavy atom. The predicted octanol–water partition coefficient (Wildman–Crippen LogP) is 3.63. The number of aliphatic hydroxyl groups excluding tert-OH is 2. The third-order valence-electron chi connectivity index (χ3n) is 6.57. The zero-order chi connectivity index (χ0) is 28.1. The fourth-order valence-corrected chi connectivity index (χ4v) is 5.25. The monoisotopic (exact) mass is 644 g/mol. The number of rotatable bonds is 16. The quantitative estimate of drug-likeness (QED) is 0.143. The second-order valence-electron chi connectivity index (χ2n) is 9.42. The Morgan fingerprint density at radius 3 is 2.55 bits per heavy atom. The van der Waals surface area contributed by atoms with Crippen LogP contribution in [-0.4, -0.2) is 78.3 Å². The van der Waals surface area contributed by atoms with E-state index in [2.05, 4.69) is 12.2 Å². The van der Waals surface area contributed by atoms with Gasteiger partial charge in [0.15, 0.2) is 11.5 Å². The highest BCUT2D eigenvalue weighted by atomic mass is 127. The summed E-state index contributed by atoms with van der Waals surface area (Å²) < 4.78 is 12.3. The molecule has 0 saturated heterocycles. The highest BCUT2D eigenvalue weighted by Crippen LogP contribution is 2.37. The van der Waals surface area contributed by atoms with E-state index in [0.717, 1.165) is 38.5 Å². The summed E-state index contributed by atoms with van der Waals surface area (Å²) in [7, 11) is 1.46. The first-order chi connectivity index (χ1) is 18.3. The number of unbranched alkanes of at least 4 members (excludes halogenated alkanes) is 4. The van der Waals surface area contributed by atoms with Crippen LogP contribution in [-0.2, 0) is 9.59 Å². The third kappa shape index (κ3) is 8.94. The minimum atomic E-state index is -1.10. The van der Waals surface area contributed by atoms with Crippen molar-refractivity contribution >= 4 is 40.7 Å². The first-order valence-corrected chi connectivity index (χ1v) is 14.5. The number of carbonyl (C=O) groups is 3. The number of benzene rings is 1. The molecule has 38 heavy (non-hydrogen) atoms. The van der Waals surface area contributed by atoms with Crippen LogP contribution >= 0.6 is 22.6 Å². The Hall–Kier alpha value is -2.18. The minimum absolute atomic E-state index is 0.0503. The largest absolute Gasteiger partial charge is 0.493 e. The van der Waals surface area contributed by atoms with Crippen LogP contribution in [0, 0.1) is 3.57 Å². The Kier molecular flexibility index (Phi) is 14.1. The number of aliphatic hydroxyl groups is 2. The average Bonchev–Trinajstić information content (AvgIpc) is 2.92. The van der Waals surface area contributed by atoms with Crippen molar-refractivity contribution in [1.29, 1.82) is 0 Å². The van der Waals surface area contributed by atoms with E-state index >= 15 is 0 Å². The van der Waals surface area contributed by atoms with Gasteiger partial charge in [-0.15, -0.1) is 0 Å². The third-order valence-corrected chi connectivity index (χ3v) is 7.37. The van der Waals surface area contributed by atoms with E-state index in [1.807, 2.05) is 29.5 Å². The first kappa shape index (κ1) is 32.0. The maximum absolute atomic E-state index is 13.3. The Bertz CT molecular complexity index is 969. The molecule has 0 saturated carbocycles. The normalized spacial score (nSPS) is 18.9. The Balaban J connectivity index is 2.46. The molecule has 1 aromatic rings. The van der Waals surface area contributed by atoms with E-state index in [-0.39, 0.29) is 31.4 Å². The Labute approximate surface area is 239 Å². The van der Waals surface area contributed by atoms with Gasteiger partial charge in [0.1, 0.15) is 18.5 Å².